The lowest BCUT2D eigenvalue weighted by Crippen LogP contribution is -2.46. The van der Waals surface area contributed by atoms with Gasteiger partial charge in [-0.05, 0) is 44.0 Å². The zero-order chi connectivity index (χ0) is 15.9. The van der Waals surface area contributed by atoms with Gasteiger partial charge in [-0.2, -0.15) is 0 Å². The highest BCUT2D eigenvalue weighted by Gasteiger charge is 2.21. The van der Waals surface area contributed by atoms with Crippen LogP contribution in [0.4, 0.5) is 0 Å². The lowest BCUT2D eigenvalue weighted by Gasteiger charge is -2.31. The summed E-state index contributed by atoms with van der Waals surface area (Å²) in [4.78, 5) is 25.1. The molecule has 6 nitrogen and oxygen atoms in total. The van der Waals surface area contributed by atoms with Crippen LogP contribution in [0.2, 0.25) is 0 Å². The van der Waals surface area contributed by atoms with Gasteiger partial charge in [0.15, 0.2) is 0 Å². The molecule has 0 atom stereocenters. The third kappa shape index (κ3) is 4.73. The maximum Gasteiger partial charge on any atom is 0.251 e. The van der Waals surface area contributed by atoms with Gasteiger partial charge in [0, 0.05) is 24.7 Å². The SMILES string of the molecule is CCOc1ccc(C(=O)NC2CCN(CC(N)=O)CC2)cc1. The van der Waals surface area contributed by atoms with Crippen molar-refractivity contribution < 1.29 is 14.3 Å². The lowest BCUT2D eigenvalue weighted by molar-refractivity contribution is -0.119. The Balaban J connectivity index is 1.81. The molecule has 2 rings (SSSR count). The molecule has 120 valence electrons. The van der Waals surface area contributed by atoms with Gasteiger partial charge in [-0.3, -0.25) is 14.5 Å². The Hall–Kier alpha value is -2.08. The van der Waals surface area contributed by atoms with E-state index in [-0.39, 0.29) is 17.9 Å². The van der Waals surface area contributed by atoms with Gasteiger partial charge in [0.1, 0.15) is 5.75 Å². The second-order valence-electron chi connectivity index (χ2n) is 5.45. The Morgan fingerprint density at radius 2 is 1.91 bits per heavy atom. The second kappa shape index (κ2) is 7.79. The summed E-state index contributed by atoms with van der Waals surface area (Å²) in [5.74, 6) is 0.382. The van der Waals surface area contributed by atoms with E-state index in [0.29, 0.717) is 18.7 Å². The van der Waals surface area contributed by atoms with Crippen molar-refractivity contribution in [3.63, 3.8) is 0 Å². The molecule has 0 saturated carbocycles. The van der Waals surface area contributed by atoms with Crippen LogP contribution in [0, 0.1) is 0 Å². The number of hydrogen-bond donors (Lipinski definition) is 2. The number of nitrogens with one attached hydrogen (secondary N) is 1. The van der Waals surface area contributed by atoms with E-state index >= 15 is 0 Å². The summed E-state index contributed by atoms with van der Waals surface area (Å²) in [6, 6.07) is 7.27. The second-order valence-corrected chi connectivity index (χ2v) is 5.45. The van der Waals surface area contributed by atoms with Gasteiger partial charge in [-0.25, -0.2) is 0 Å². The molecule has 0 unspecified atom stereocenters. The number of primary amides is 1. The smallest absolute Gasteiger partial charge is 0.251 e. The topological polar surface area (TPSA) is 84.7 Å². The number of rotatable bonds is 6. The fourth-order valence-corrected chi connectivity index (χ4v) is 2.59. The van der Waals surface area contributed by atoms with Crippen molar-refractivity contribution in [2.75, 3.05) is 26.2 Å². The van der Waals surface area contributed by atoms with Crippen LogP contribution in [-0.2, 0) is 4.79 Å². The Labute approximate surface area is 130 Å². The van der Waals surface area contributed by atoms with Crippen LogP contribution in [0.3, 0.4) is 0 Å². The van der Waals surface area contributed by atoms with Crippen LogP contribution < -0.4 is 15.8 Å². The number of amides is 2. The van der Waals surface area contributed by atoms with E-state index in [2.05, 4.69) is 5.32 Å². The first-order valence-electron chi connectivity index (χ1n) is 7.63. The molecule has 1 aliphatic rings. The minimum absolute atomic E-state index is 0.0728. The maximum atomic E-state index is 12.2. The van der Waals surface area contributed by atoms with Gasteiger partial charge < -0.3 is 15.8 Å². The van der Waals surface area contributed by atoms with Gasteiger partial charge in [-0.1, -0.05) is 0 Å². The normalized spacial score (nSPS) is 16.2. The van der Waals surface area contributed by atoms with Crippen LogP contribution in [0.15, 0.2) is 24.3 Å². The summed E-state index contributed by atoms with van der Waals surface area (Å²) in [6.45, 7) is 4.37. The molecule has 1 heterocycles. The third-order valence-corrected chi connectivity index (χ3v) is 3.73. The van der Waals surface area contributed by atoms with E-state index in [0.717, 1.165) is 31.7 Å². The minimum Gasteiger partial charge on any atom is -0.494 e. The number of carbonyl (C=O) groups excluding carboxylic acids is 2. The zero-order valence-electron chi connectivity index (χ0n) is 12.9. The highest BCUT2D eigenvalue weighted by atomic mass is 16.5. The summed E-state index contributed by atoms with van der Waals surface area (Å²) in [6.07, 6.45) is 1.66. The number of ether oxygens (including phenoxy) is 1. The van der Waals surface area contributed by atoms with Crippen molar-refractivity contribution in [2.45, 2.75) is 25.8 Å². The molecule has 0 radical (unpaired) electrons. The number of nitrogens with zero attached hydrogens (tertiary/aromatic N) is 1. The van der Waals surface area contributed by atoms with E-state index in [9.17, 15) is 9.59 Å². The quantitative estimate of drug-likeness (QED) is 0.813. The molecule has 1 saturated heterocycles. The zero-order valence-corrected chi connectivity index (χ0v) is 12.9. The Kier molecular flexibility index (Phi) is 5.77. The van der Waals surface area contributed by atoms with Gasteiger partial charge in [0.05, 0.1) is 13.2 Å². The number of likely N-dealkylation sites (tertiary alicyclic amines) is 1. The number of carbonyl (C=O) groups is 2. The fraction of sp³-hybridized carbons (Fsp3) is 0.500. The average Bonchev–Trinajstić information content (AvgIpc) is 2.50. The van der Waals surface area contributed by atoms with Crippen LogP contribution in [0.25, 0.3) is 0 Å². The van der Waals surface area contributed by atoms with Crippen molar-refractivity contribution in [3.8, 4) is 5.75 Å². The predicted molar refractivity (Wildman–Crippen MR) is 83.7 cm³/mol. The number of piperidine rings is 1. The number of nitrogens with two attached hydrogens (primary N) is 1. The first-order valence-corrected chi connectivity index (χ1v) is 7.63. The molecule has 1 aromatic rings. The highest BCUT2D eigenvalue weighted by molar-refractivity contribution is 5.94. The molecule has 22 heavy (non-hydrogen) atoms. The molecule has 0 spiro atoms. The van der Waals surface area contributed by atoms with Gasteiger partial charge >= 0.3 is 0 Å². The average molecular weight is 305 g/mol. The monoisotopic (exact) mass is 305 g/mol. The van der Waals surface area contributed by atoms with E-state index in [4.69, 9.17) is 10.5 Å². The highest BCUT2D eigenvalue weighted by Crippen LogP contribution is 2.14. The van der Waals surface area contributed by atoms with Crippen molar-refractivity contribution in [1.82, 2.24) is 10.2 Å². The van der Waals surface area contributed by atoms with Crippen LogP contribution in [0.1, 0.15) is 30.1 Å². The summed E-state index contributed by atoms with van der Waals surface area (Å²) in [7, 11) is 0. The molecule has 1 aromatic carbocycles. The van der Waals surface area contributed by atoms with Crippen molar-refractivity contribution >= 4 is 11.8 Å². The van der Waals surface area contributed by atoms with E-state index < -0.39 is 0 Å². The Bertz CT molecular complexity index is 508. The summed E-state index contributed by atoms with van der Waals surface area (Å²) >= 11 is 0. The molecule has 0 bridgehead atoms. The number of hydrogen-bond acceptors (Lipinski definition) is 4. The summed E-state index contributed by atoms with van der Waals surface area (Å²) in [5, 5.41) is 3.04. The first kappa shape index (κ1) is 16.3. The molecule has 0 aromatic heterocycles. The maximum absolute atomic E-state index is 12.2. The standard InChI is InChI=1S/C16H23N3O3/c1-2-22-14-5-3-12(4-6-14)16(21)18-13-7-9-19(10-8-13)11-15(17)20/h3-6,13H,2,7-11H2,1H3,(H2,17,20)(H,18,21). The molecule has 0 aliphatic carbocycles. The molecule has 6 heteroatoms. The predicted octanol–water partition coefficient (Wildman–Crippen LogP) is 0.765. The van der Waals surface area contributed by atoms with E-state index in [1.807, 2.05) is 11.8 Å². The van der Waals surface area contributed by atoms with Crippen molar-refractivity contribution in [2.24, 2.45) is 5.73 Å². The Morgan fingerprint density at radius 3 is 2.45 bits per heavy atom. The summed E-state index contributed by atoms with van der Waals surface area (Å²) in [5.41, 5.74) is 5.82. The molecule has 2 amide bonds. The molecular weight excluding hydrogens is 282 g/mol. The summed E-state index contributed by atoms with van der Waals surface area (Å²) < 4.78 is 5.36. The number of benzene rings is 1. The van der Waals surface area contributed by atoms with Crippen molar-refractivity contribution in [1.29, 1.82) is 0 Å². The van der Waals surface area contributed by atoms with Gasteiger partial charge in [0.2, 0.25) is 5.91 Å². The molecule has 1 aliphatic heterocycles. The van der Waals surface area contributed by atoms with Crippen LogP contribution in [0.5, 0.6) is 5.75 Å². The van der Waals surface area contributed by atoms with E-state index in [1.54, 1.807) is 24.3 Å². The van der Waals surface area contributed by atoms with Gasteiger partial charge in [-0.15, -0.1) is 0 Å². The Morgan fingerprint density at radius 1 is 1.27 bits per heavy atom. The van der Waals surface area contributed by atoms with Crippen LogP contribution >= 0.6 is 0 Å². The van der Waals surface area contributed by atoms with Crippen LogP contribution in [-0.4, -0.2) is 49.0 Å². The molecule has 1 fully saturated rings. The minimum atomic E-state index is -0.308. The fourth-order valence-electron chi connectivity index (χ4n) is 2.59. The lowest BCUT2D eigenvalue weighted by atomic mass is 10.0. The van der Waals surface area contributed by atoms with Gasteiger partial charge in [0.25, 0.3) is 5.91 Å². The van der Waals surface area contributed by atoms with Crippen molar-refractivity contribution in [3.05, 3.63) is 29.8 Å². The largest absolute Gasteiger partial charge is 0.494 e. The molecular formula is C16H23N3O3. The first-order chi connectivity index (χ1) is 10.6. The third-order valence-electron chi connectivity index (χ3n) is 3.73. The molecule has 3 N–H and O–H groups in total. The van der Waals surface area contributed by atoms with E-state index in [1.165, 1.54) is 0 Å².